The third-order valence-electron chi connectivity index (χ3n) is 5.24. The molecule has 1 N–H and O–H groups in total. The number of rotatable bonds is 14. The van der Waals surface area contributed by atoms with Crippen molar-refractivity contribution in [1.29, 1.82) is 0 Å². The summed E-state index contributed by atoms with van der Waals surface area (Å²) in [6, 6.07) is 5.26. The van der Waals surface area contributed by atoms with Crippen LogP contribution >= 0.6 is 11.6 Å². The number of hydrogen-bond donors (Lipinski definition) is 1. The third kappa shape index (κ3) is 9.80. The Morgan fingerprint density at radius 1 is 1.21 bits per heavy atom. The molecule has 1 saturated carbocycles. The molecule has 0 radical (unpaired) electrons. The van der Waals surface area contributed by atoms with E-state index in [1.54, 1.807) is 6.07 Å². The number of pyridine rings is 1. The molecule has 8 nitrogen and oxygen atoms in total. The molecule has 0 unspecified atom stereocenters. The van der Waals surface area contributed by atoms with Gasteiger partial charge >= 0.3 is 6.18 Å². The van der Waals surface area contributed by atoms with E-state index in [0.29, 0.717) is 43.0 Å². The smallest absolute Gasteiger partial charge is 0.417 e. The van der Waals surface area contributed by atoms with Crippen molar-refractivity contribution in [2.75, 3.05) is 19.0 Å². The molecule has 1 heterocycles. The van der Waals surface area contributed by atoms with E-state index in [-0.39, 0.29) is 35.1 Å². The van der Waals surface area contributed by atoms with Crippen molar-refractivity contribution in [2.24, 2.45) is 0 Å². The first-order valence-electron chi connectivity index (χ1n) is 12.0. The number of halogens is 4. The molecule has 1 amide bonds. The van der Waals surface area contributed by atoms with Crippen molar-refractivity contribution in [3.8, 4) is 17.4 Å². The molecule has 1 aliphatic carbocycles. The molecule has 0 aliphatic heterocycles. The lowest BCUT2D eigenvalue weighted by Gasteiger charge is -2.13. The fourth-order valence-electron chi connectivity index (χ4n) is 3.15. The van der Waals surface area contributed by atoms with Gasteiger partial charge in [0.2, 0.25) is 15.9 Å². The van der Waals surface area contributed by atoms with Crippen LogP contribution in [0.4, 0.5) is 13.2 Å². The lowest BCUT2D eigenvalue weighted by atomic mass is 10.1. The number of nitrogens with one attached hydrogen (secondary N) is 1. The molecule has 0 saturated heterocycles. The second-order valence-corrected chi connectivity index (χ2v) is 10.8. The first-order valence-corrected chi connectivity index (χ1v) is 14.0. The number of aromatic nitrogens is 1. The van der Waals surface area contributed by atoms with Crippen LogP contribution in [-0.2, 0) is 25.7 Å². The highest BCUT2D eigenvalue weighted by molar-refractivity contribution is 7.90. The lowest BCUT2D eigenvalue weighted by Crippen LogP contribution is -2.31. The highest BCUT2D eigenvalue weighted by Gasteiger charge is 2.32. The van der Waals surface area contributed by atoms with Crippen molar-refractivity contribution < 1.29 is 40.6 Å². The maximum absolute atomic E-state index is 13.0. The Balaban J connectivity index is 1.77. The van der Waals surface area contributed by atoms with Gasteiger partial charge in [0.05, 0.1) is 24.0 Å². The van der Waals surface area contributed by atoms with Gasteiger partial charge in [-0.3, -0.25) is 4.79 Å². The van der Waals surface area contributed by atoms with E-state index in [9.17, 15) is 26.4 Å². The molecule has 0 spiro atoms. The predicted molar refractivity (Wildman–Crippen MR) is 136 cm³/mol. The predicted octanol–water partition coefficient (Wildman–Crippen LogP) is 5.75. The van der Waals surface area contributed by atoms with Crippen LogP contribution in [0.1, 0.15) is 50.2 Å². The first kappa shape index (κ1) is 29.7. The van der Waals surface area contributed by atoms with Crippen LogP contribution in [0.2, 0.25) is 5.02 Å². The van der Waals surface area contributed by atoms with E-state index in [1.807, 2.05) is 11.6 Å². The molecule has 1 aliphatic rings. The molecule has 1 aromatic carbocycles. The van der Waals surface area contributed by atoms with Crippen molar-refractivity contribution in [3.63, 3.8) is 0 Å². The zero-order valence-corrected chi connectivity index (χ0v) is 22.2. The second kappa shape index (κ2) is 13.3. The van der Waals surface area contributed by atoms with Crippen LogP contribution in [0.15, 0.2) is 36.5 Å². The summed E-state index contributed by atoms with van der Waals surface area (Å²) in [6.07, 6.45) is 2.53. The van der Waals surface area contributed by atoms with Gasteiger partial charge in [-0.1, -0.05) is 31.4 Å². The number of carbonyl (C=O) groups excluding carboxylic acids is 1. The summed E-state index contributed by atoms with van der Waals surface area (Å²) in [7, 11) is -3.79. The minimum absolute atomic E-state index is 0.0645. The fourth-order valence-corrected chi connectivity index (χ4v) is 4.41. The van der Waals surface area contributed by atoms with Gasteiger partial charge in [-0.15, -0.1) is 0 Å². The molecule has 208 valence electrons. The number of alkyl halides is 3. The molecular weight excluding hydrogens is 549 g/mol. The number of carbonyl (C=O) groups is 1. The van der Waals surface area contributed by atoms with E-state index in [1.165, 1.54) is 18.2 Å². The summed E-state index contributed by atoms with van der Waals surface area (Å²) in [4.78, 5) is 15.9. The largest absolute Gasteiger partial charge is 0.491 e. The standard InChI is InChI=1S/C25H28ClF3N2O6S/c1-2-3-4-13-38(33,34)31-23(32)10-6-17-5-7-20(36-12-11-35-19-8-9-19)15-22(17)37-24-21(26)14-18(16-30-24)25(27,28)29/h5-7,10,14-16,19H,2-4,8-9,11-13H2,1H3,(H,31,32)/b10-6+. The summed E-state index contributed by atoms with van der Waals surface area (Å²) < 4.78 is 81.9. The topological polar surface area (TPSA) is 104 Å². The number of amides is 1. The van der Waals surface area contributed by atoms with Crippen molar-refractivity contribution in [3.05, 3.63) is 52.7 Å². The van der Waals surface area contributed by atoms with Gasteiger partial charge in [-0.2, -0.15) is 13.2 Å². The molecule has 3 rings (SSSR count). The second-order valence-electron chi connectivity index (χ2n) is 8.55. The van der Waals surface area contributed by atoms with E-state index in [2.05, 4.69) is 4.98 Å². The van der Waals surface area contributed by atoms with Crippen molar-refractivity contribution in [2.45, 2.75) is 51.3 Å². The van der Waals surface area contributed by atoms with Crippen LogP contribution in [0.25, 0.3) is 6.08 Å². The van der Waals surface area contributed by atoms with Crippen LogP contribution < -0.4 is 14.2 Å². The Hall–Kier alpha value is -2.83. The Bertz CT molecular complexity index is 1250. The van der Waals surface area contributed by atoms with Gasteiger partial charge < -0.3 is 14.2 Å². The number of nitrogens with zero attached hydrogens (tertiary/aromatic N) is 1. The summed E-state index contributed by atoms with van der Waals surface area (Å²) in [5.74, 6) is -0.914. The Morgan fingerprint density at radius 3 is 2.63 bits per heavy atom. The molecule has 13 heteroatoms. The molecule has 1 aromatic heterocycles. The Morgan fingerprint density at radius 2 is 1.97 bits per heavy atom. The number of unbranched alkanes of at least 4 members (excludes halogenated alkanes) is 2. The number of ether oxygens (including phenoxy) is 3. The lowest BCUT2D eigenvalue weighted by molar-refractivity contribution is -0.137. The van der Waals surface area contributed by atoms with Gasteiger partial charge in [-0.05, 0) is 43.5 Å². The average molecular weight is 577 g/mol. The van der Waals surface area contributed by atoms with Crippen molar-refractivity contribution in [1.82, 2.24) is 9.71 Å². The van der Waals surface area contributed by atoms with E-state index >= 15 is 0 Å². The minimum Gasteiger partial charge on any atom is -0.491 e. The summed E-state index contributed by atoms with van der Waals surface area (Å²) in [6.45, 7) is 2.56. The van der Waals surface area contributed by atoms with Crippen LogP contribution in [-0.4, -0.2) is 44.4 Å². The zero-order chi connectivity index (χ0) is 27.8. The first-order chi connectivity index (χ1) is 18.0. The molecule has 0 atom stereocenters. The summed E-state index contributed by atoms with van der Waals surface area (Å²) >= 11 is 5.98. The van der Waals surface area contributed by atoms with Gasteiger partial charge in [0.25, 0.3) is 5.91 Å². The maximum atomic E-state index is 13.0. The maximum Gasteiger partial charge on any atom is 0.417 e. The van der Waals surface area contributed by atoms with Crippen LogP contribution in [0, 0.1) is 0 Å². The van der Waals surface area contributed by atoms with E-state index in [0.717, 1.165) is 25.3 Å². The molecule has 2 aromatic rings. The number of sulfonamides is 1. The molecule has 38 heavy (non-hydrogen) atoms. The van der Waals surface area contributed by atoms with Crippen LogP contribution in [0.5, 0.6) is 17.4 Å². The Labute approximate surface area is 224 Å². The quantitative estimate of drug-likeness (QED) is 0.225. The normalized spacial score (nSPS) is 14.0. The van der Waals surface area contributed by atoms with E-state index < -0.39 is 27.7 Å². The highest BCUT2D eigenvalue weighted by atomic mass is 35.5. The zero-order valence-electron chi connectivity index (χ0n) is 20.6. The number of hydrogen-bond acceptors (Lipinski definition) is 7. The number of benzene rings is 1. The van der Waals surface area contributed by atoms with Crippen LogP contribution in [0.3, 0.4) is 0 Å². The van der Waals surface area contributed by atoms with Gasteiger partial charge in [-0.25, -0.2) is 18.1 Å². The third-order valence-corrected chi connectivity index (χ3v) is 6.85. The van der Waals surface area contributed by atoms with Gasteiger partial charge in [0.1, 0.15) is 23.1 Å². The summed E-state index contributed by atoms with van der Waals surface area (Å²) in [5.41, 5.74) is -0.748. The average Bonchev–Trinajstić information content (AvgIpc) is 3.66. The SMILES string of the molecule is CCCCCS(=O)(=O)NC(=O)/C=C/c1ccc(OCCOC2CC2)cc1Oc1ncc(C(F)(F)F)cc1Cl. The van der Waals surface area contributed by atoms with Crippen molar-refractivity contribution >= 4 is 33.6 Å². The van der Waals surface area contributed by atoms with Gasteiger partial charge in [0.15, 0.2) is 0 Å². The molecule has 1 fully saturated rings. The highest BCUT2D eigenvalue weighted by Crippen LogP contribution is 2.36. The minimum atomic E-state index is -4.64. The fraction of sp³-hybridized carbons (Fsp3) is 0.440. The molecule has 0 bridgehead atoms. The molecular formula is C25H28ClF3N2O6S. The summed E-state index contributed by atoms with van der Waals surface area (Å²) in [5, 5.41) is -0.380. The van der Waals surface area contributed by atoms with E-state index in [4.69, 9.17) is 25.8 Å². The van der Waals surface area contributed by atoms with Gasteiger partial charge in [0, 0.05) is 23.9 Å². The monoisotopic (exact) mass is 576 g/mol. The Kier molecular flexibility index (Phi) is 10.4.